The van der Waals surface area contributed by atoms with Gasteiger partial charge in [-0.1, -0.05) is 26.7 Å². The van der Waals surface area contributed by atoms with Gasteiger partial charge in [-0.05, 0) is 18.8 Å². The van der Waals surface area contributed by atoms with Crippen molar-refractivity contribution in [3.63, 3.8) is 0 Å². The van der Waals surface area contributed by atoms with E-state index in [1.165, 1.54) is 0 Å². The highest BCUT2D eigenvalue weighted by atomic mass is 16.4. The van der Waals surface area contributed by atoms with Gasteiger partial charge in [-0.25, -0.2) is 0 Å². The van der Waals surface area contributed by atoms with E-state index in [1.54, 1.807) is 0 Å². The minimum absolute atomic E-state index is 0.0550. The number of carbonyl (C=O) groups excluding carboxylic acids is 1. The third-order valence-corrected chi connectivity index (χ3v) is 3.64. The summed E-state index contributed by atoms with van der Waals surface area (Å²) in [6, 6.07) is -0.567. The number of carboxylic acids is 1. The van der Waals surface area contributed by atoms with E-state index in [1.807, 2.05) is 13.8 Å². The Balaban J connectivity index is 2.54. The number of hydrogen-bond acceptors (Lipinski definition) is 3. The largest absolute Gasteiger partial charge is 0.481 e. The van der Waals surface area contributed by atoms with Crippen molar-refractivity contribution >= 4 is 11.9 Å². The van der Waals surface area contributed by atoms with Crippen molar-refractivity contribution in [2.45, 2.75) is 45.6 Å². The molecule has 1 amide bonds. The molecule has 0 aromatic rings. The zero-order valence-electron chi connectivity index (χ0n) is 10.5. The highest BCUT2D eigenvalue weighted by molar-refractivity contribution is 5.83. The van der Waals surface area contributed by atoms with Crippen LogP contribution in [0.15, 0.2) is 0 Å². The highest BCUT2D eigenvalue weighted by Crippen LogP contribution is 2.37. The number of nitrogens with one attached hydrogen (secondary N) is 1. The summed E-state index contributed by atoms with van der Waals surface area (Å²) < 4.78 is 0. The molecule has 0 heterocycles. The Bertz CT molecular complexity index is 296. The number of rotatable bonds is 5. The minimum Gasteiger partial charge on any atom is -0.481 e. The number of hydrogen-bond donors (Lipinski definition) is 3. The van der Waals surface area contributed by atoms with Crippen molar-refractivity contribution < 1.29 is 14.7 Å². The zero-order chi connectivity index (χ0) is 13.1. The lowest BCUT2D eigenvalue weighted by molar-refractivity contribution is -0.148. The van der Waals surface area contributed by atoms with Crippen molar-refractivity contribution in [1.82, 2.24) is 5.32 Å². The van der Waals surface area contributed by atoms with Crippen molar-refractivity contribution in [1.29, 1.82) is 0 Å². The van der Waals surface area contributed by atoms with Gasteiger partial charge in [0.25, 0.3) is 0 Å². The van der Waals surface area contributed by atoms with E-state index in [0.717, 1.165) is 12.8 Å². The second-order valence-corrected chi connectivity index (χ2v) is 5.28. The summed E-state index contributed by atoms with van der Waals surface area (Å²) in [5.74, 6) is -1.01. The molecule has 1 aliphatic carbocycles. The topological polar surface area (TPSA) is 92.4 Å². The van der Waals surface area contributed by atoms with Crippen LogP contribution in [0.3, 0.4) is 0 Å². The molecule has 1 fully saturated rings. The molecule has 1 atom stereocenters. The molecule has 0 spiro atoms. The van der Waals surface area contributed by atoms with Gasteiger partial charge in [0.1, 0.15) is 0 Å². The lowest BCUT2D eigenvalue weighted by Crippen LogP contribution is -2.48. The second-order valence-electron chi connectivity index (χ2n) is 5.28. The van der Waals surface area contributed by atoms with E-state index in [0.29, 0.717) is 12.8 Å². The van der Waals surface area contributed by atoms with Crippen LogP contribution in [0.4, 0.5) is 0 Å². The summed E-state index contributed by atoms with van der Waals surface area (Å²) in [7, 11) is 0. The van der Waals surface area contributed by atoms with Crippen LogP contribution in [-0.4, -0.2) is 29.6 Å². The summed E-state index contributed by atoms with van der Waals surface area (Å²) in [5, 5.41) is 11.9. The zero-order valence-corrected chi connectivity index (χ0v) is 10.5. The van der Waals surface area contributed by atoms with Crippen LogP contribution < -0.4 is 11.1 Å². The molecule has 4 N–H and O–H groups in total. The van der Waals surface area contributed by atoms with Gasteiger partial charge < -0.3 is 16.2 Å². The number of carboxylic acid groups (broad SMARTS) is 1. The molecule has 0 bridgehead atoms. The van der Waals surface area contributed by atoms with Crippen LogP contribution in [-0.2, 0) is 9.59 Å². The molecule has 0 aliphatic heterocycles. The minimum atomic E-state index is -0.812. The fourth-order valence-corrected chi connectivity index (χ4v) is 2.19. The number of amides is 1. The van der Waals surface area contributed by atoms with E-state index in [4.69, 9.17) is 5.73 Å². The maximum absolute atomic E-state index is 11.7. The maximum Gasteiger partial charge on any atom is 0.311 e. The molecule has 1 rings (SSSR count). The molecular weight excluding hydrogens is 220 g/mol. The first-order valence-corrected chi connectivity index (χ1v) is 6.16. The van der Waals surface area contributed by atoms with Gasteiger partial charge in [0.05, 0.1) is 11.5 Å². The summed E-state index contributed by atoms with van der Waals surface area (Å²) in [6.07, 6.45) is 3.11. The van der Waals surface area contributed by atoms with Gasteiger partial charge in [0.2, 0.25) is 5.91 Å². The van der Waals surface area contributed by atoms with Crippen molar-refractivity contribution in [3.8, 4) is 0 Å². The first-order valence-electron chi connectivity index (χ1n) is 6.16. The molecule has 0 saturated heterocycles. The van der Waals surface area contributed by atoms with E-state index in [9.17, 15) is 14.7 Å². The molecule has 0 aromatic carbocycles. The lowest BCUT2D eigenvalue weighted by Gasteiger charge is -2.25. The molecule has 5 nitrogen and oxygen atoms in total. The Kier molecular flexibility index (Phi) is 4.51. The molecule has 1 saturated carbocycles. The Morgan fingerprint density at radius 2 is 1.88 bits per heavy atom. The maximum atomic E-state index is 11.7. The van der Waals surface area contributed by atoms with Crippen LogP contribution in [0.25, 0.3) is 0 Å². The van der Waals surface area contributed by atoms with Gasteiger partial charge in [0, 0.05) is 6.54 Å². The van der Waals surface area contributed by atoms with Gasteiger partial charge in [-0.2, -0.15) is 0 Å². The third-order valence-electron chi connectivity index (χ3n) is 3.64. The molecule has 5 heteroatoms. The van der Waals surface area contributed by atoms with Crippen molar-refractivity contribution in [2.75, 3.05) is 6.54 Å². The number of aliphatic carboxylic acids is 1. The third kappa shape index (κ3) is 3.19. The number of carbonyl (C=O) groups is 2. The average Bonchev–Trinajstić information content (AvgIpc) is 2.74. The van der Waals surface area contributed by atoms with E-state index in [-0.39, 0.29) is 18.4 Å². The Morgan fingerprint density at radius 3 is 2.29 bits per heavy atom. The highest BCUT2D eigenvalue weighted by Gasteiger charge is 2.41. The summed E-state index contributed by atoms with van der Waals surface area (Å²) >= 11 is 0. The molecule has 1 unspecified atom stereocenters. The Morgan fingerprint density at radius 1 is 1.35 bits per heavy atom. The number of nitrogens with two attached hydrogens (primary N) is 1. The smallest absolute Gasteiger partial charge is 0.311 e. The molecule has 17 heavy (non-hydrogen) atoms. The Hall–Kier alpha value is -1.10. The van der Waals surface area contributed by atoms with Crippen molar-refractivity contribution in [2.24, 2.45) is 17.1 Å². The first kappa shape index (κ1) is 14.0. The van der Waals surface area contributed by atoms with Crippen molar-refractivity contribution in [3.05, 3.63) is 0 Å². The second kappa shape index (κ2) is 5.49. The predicted molar refractivity (Wildman–Crippen MR) is 64.4 cm³/mol. The van der Waals surface area contributed by atoms with Gasteiger partial charge >= 0.3 is 5.97 Å². The molecular formula is C12H22N2O3. The summed E-state index contributed by atoms with van der Waals surface area (Å²) in [6.45, 7) is 3.93. The standard InChI is InChI=1S/C12H22N2O3/c1-8(2)9(13)10(15)14-7-12(11(16)17)5-3-4-6-12/h8-9H,3-7,13H2,1-2H3,(H,14,15)(H,16,17). The van der Waals surface area contributed by atoms with Crippen LogP contribution in [0.2, 0.25) is 0 Å². The summed E-state index contributed by atoms with van der Waals surface area (Å²) in [4.78, 5) is 22.9. The van der Waals surface area contributed by atoms with E-state index < -0.39 is 17.4 Å². The normalized spacial score (nSPS) is 20.2. The van der Waals surface area contributed by atoms with Gasteiger partial charge in [0.15, 0.2) is 0 Å². The first-order chi connectivity index (χ1) is 7.89. The fourth-order valence-electron chi connectivity index (χ4n) is 2.19. The van der Waals surface area contributed by atoms with Crippen LogP contribution in [0, 0.1) is 11.3 Å². The molecule has 98 valence electrons. The average molecular weight is 242 g/mol. The molecule has 0 radical (unpaired) electrons. The molecule has 0 aromatic heterocycles. The fraction of sp³-hybridized carbons (Fsp3) is 0.833. The Labute approximate surface area is 102 Å². The van der Waals surface area contributed by atoms with Crippen LogP contribution >= 0.6 is 0 Å². The van der Waals surface area contributed by atoms with E-state index >= 15 is 0 Å². The van der Waals surface area contributed by atoms with Crippen LogP contribution in [0.1, 0.15) is 39.5 Å². The monoisotopic (exact) mass is 242 g/mol. The predicted octanol–water partition coefficient (Wildman–Crippen LogP) is 0.731. The quantitative estimate of drug-likeness (QED) is 0.662. The summed E-state index contributed by atoms with van der Waals surface area (Å²) in [5.41, 5.74) is 4.93. The van der Waals surface area contributed by atoms with Crippen LogP contribution in [0.5, 0.6) is 0 Å². The van der Waals surface area contributed by atoms with Gasteiger partial charge in [-0.3, -0.25) is 9.59 Å². The van der Waals surface area contributed by atoms with Gasteiger partial charge in [-0.15, -0.1) is 0 Å². The molecule has 1 aliphatic rings. The van der Waals surface area contributed by atoms with E-state index in [2.05, 4.69) is 5.32 Å². The SMILES string of the molecule is CC(C)C(N)C(=O)NCC1(C(=O)O)CCCC1. The lowest BCUT2D eigenvalue weighted by atomic mass is 9.86.